The van der Waals surface area contributed by atoms with Gasteiger partial charge in [-0.2, -0.15) is 0 Å². The largest absolute Gasteiger partial charge is 0.478 e. The second kappa shape index (κ2) is 9.75. The molecule has 0 aromatic heterocycles. The van der Waals surface area contributed by atoms with Crippen molar-refractivity contribution in [1.82, 2.24) is 4.90 Å². The van der Waals surface area contributed by atoms with Crippen molar-refractivity contribution in [2.24, 2.45) is 0 Å². The van der Waals surface area contributed by atoms with E-state index in [1.807, 2.05) is 17.0 Å². The fraction of sp³-hybridized carbons (Fsp3) is 0.269. The van der Waals surface area contributed by atoms with E-state index in [1.54, 1.807) is 25.1 Å². The first-order valence-electron chi connectivity index (χ1n) is 10.8. The minimum Gasteiger partial charge on any atom is -0.478 e. The van der Waals surface area contributed by atoms with E-state index in [0.29, 0.717) is 13.1 Å². The number of quaternary nitrogens is 1. The number of halogens is 1. The summed E-state index contributed by atoms with van der Waals surface area (Å²) in [7, 11) is 0. The molecule has 1 atom stereocenters. The SMILES string of the molecule is C[C@@H](Oc1ccccc1F)C(=O)N1CC[NH+](C(c2ccccc2)c2ccccc2)CC1. The summed E-state index contributed by atoms with van der Waals surface area (Å²) in [5.74, 6) is -0.441. The first-order chi connectivity index (χ1) is 15.1. The van der Waals surface area contributed by atoms with E-state index in [2.05, 4.69) is 48.5 Å². The summed E-state index contributed by atoms with van der Waals surface area (Å²) >= 11 is 0. The molecule has 0 unspecified atom stereocenters. The minimum atomic E-state index is -0.725. The number of para-hydroxylation sites is 1. The number of carbonyl (C=O) groups is 1. The van der Waals surface area contributed by atoms with Crippen molar-refractivity contribution in [2.75, 3.05) is 26.2 Å². The average molecular weight is 420 g/mol. The van der Waals surface area contributed by atoms with Crippen molar-refractivity contribution in [1.29, 1.82) is 0 Å². The number of benzene rings is 3. The Bertz CT molecular complexity index is 949. The highest BCUT2D eigenvalue weighted by atomic mass is 19.1. The molecule has 5 heteroatoms. The fourth-order valence-electron chi connectivity index (χ4n) is 4.30. The number of nitrogens with zero attached hydrogens (tertiary/aromatic N) is 1. The van der Waals surface area contributed by atoms with E-state index in [-0.39, 0.29) is 17.7 Å². The lowest BCUT2D eigenvalue weighted by atomic mass is 9.96. The second-order valence-corrected chi connectivity index (χ2v) is 7.93. The zero-order valence-corrected chi connectivity index (χ0v) is 17.7. The molecule has 0 spiro atoms. The fourth-order valence-corrected chi connectivity index (χ4v) is 4.30. The van der Waals surface area contributed by atoms with Gasteiger partial charge in [0.25, 0.3) is 5.91 Å². The van der Waals surface area contributed by atoms with Crippen molar-refractivity contribution < 1.29 is 18.8 Å². The normalized spacial score (nSPS) is 15.6. The van der Waals surface area contributed by atoms with Crippen LogP contribution in [0.25, 0.3) is 0 Å². The van der Waals surface area contributed by atoms with Gasteiger partial charge >= 0.3 is 0 Å². The Balaban J connectivity index is 1.43. The number of hydrogen-bond donors (Lipinski definition) is 1. The van der Waals surface area contributed by atoms with Gasteiger partial charge in [0.1, 0.15) is 6.04 Å². The molecule has 3 aromatic rings. The molecule has 0 radical (unpaired) electrons. The summed E-state index contributed by atoms with van der Waals surface area (Å²) in [6, 6.07) is 27.5. The van der Waals surface area contributed by atoms with Crippen LogP contribution in [0.5, 0.6) is 5.75 Å². The van der Waals surface area contributed by atoms with Crippen LogP contribution in [0.2, 0.25) is 0 Å². The average Bonchev–Trinajstić information content (AvgIpc) is 2.82. The maximum absolute atomic E-state index is 13.9. The number of carbonyl (C=O) groups excluding carboxylic acids is 1. The molecule has 3 aromatic carbocycles. The molecule has 1 amide bonds. The van der Waals surface area contributed by atoms with Gasteiger partial charge < -0.3 is 14.5 Å². The predicted molar refractivity (Wildman–Crippen MR) is 118 cm³/mol. The van der Waals surface area contributed by atoms with Gasteiger partial charge in [-0.25, -0.2) is 4.39 Å². The van der Waals surface area contributed by atoms with Crippen LogP contribution >= 0.6 is 0 Å². The lowest BCUT2D eigenvalue weighted by molar-refractivity contribution is -0.929. The van der Waals surface area contributed by atoms with Crippen LogP contribution in [0.1, 0.15) is 24.1 Å². The molecule has 0 bridgehead atoms. The number of piperazine rings is 1. The number of nitrogens with one attached hydrogen (secondary N) is 1. The van der Waals surface area contributed by atoms with Crippen LogP contribution in [0.4, 0.5) is 4.39 Å². The van der Waals surface area contributed by atoms with E-state index in [4.69, 9.17) is 4.74 Å². The van der Waals surface area contributed by atoms with Crippen LogP contribution in [0, 0.1) is 5.82 Å². The molecule has 1 N–H and O–H groups in total. The van der Waals surface area contributed by atoms with Crippen LogP contribution in [-0.2, 0) is 4.79 Å². The van der Waals surface area contributed by atoms with Crippen molar-refractivity contribution >= 4 is 5.91 Å². The van der Waals surface area contributed by atoms with Crippen LogP contribution in [0.3, 0.4) is 0 Å². The molecule has 0 aliphatic carbocycles. The van der Waals surface area contributed by atoms with Crippen LogP contribution in [-0.4, -0.2) is 43.1 Å². The summed E-state index contributed by atoms with van der Waals surface area (Å²) in [6.45, 7) is 4.66. The Kier molecular flexibility index (Phi) is 6.63. The standard InChI is InChI=1S/C26H27FN2O2/c1-20(31-24-15-9-8-14-23(24)27)26(30)29-18-16-28(17-19-29)25(21-10-4-2-5-11-21)22-12-6-3-7-13-22/h2-15,20,25H,16-19H2,1H3/p+1/t20-/m1/s1. The van der Waals surface area contributed by atoms with E-state index in [1.165, 1.54) is 22.1 Å². The van der Waals surface area contributed by atoms with Crippen molar-refractivity contribution in [3.8, 4) is 5.75 Å². The summed E-state index contributed by atoms with van der Waals surface area (Å²) in [4.78, 5) is 16.2. The second-order valence-electron chi connectivity index (χ2n) is 7.93. The first kappa shape index (κ1) is 21.1. The maximum Gasteiger partial charge on any atom is 0.263 e. The van der Waals surface area contributed by atoms with Crippen molar-refractivity contribution in [3.63, 3.8) is 0 Å². The summed E-state index contributed by atoms with van der Waals surface area (Å²) in [5, 5.41) is 0. The Morgan fingerprint density at radius 3 is 1.94 bits per heavy atom. The minimum absolute atomic E-state index is 0.0988. The van der Waals surface area contributed by atoms with Gasteiger partial charge in [0.2, 0.25) is 0 Å². The third kappa shape index (κ3) is 4.94. The lowest BCUT2D eigenvalue weighted by Gasteiger charge is -2.37. The predicted octanol–water partition coefficient (Wildman–Crippen LogP) is 3.11. The highest BCUT2D eigenvalue weighted by Gasteiger charge is 2.33. The highest BCUT2D eigenvalue weighted by molar-refractivity contribution is 5.81. The van der Waals surface area contributed by atoms with E-state index in [0.717, 1.165) is 13.1 Å². The molecule has 160 valence electrons. The smallest absolute Gasteiger partial charge is 0.263 e. The third-order valence-corrected chi connectivity index (χ3v) is 5.88. The zero-order chi connectivity index (χ0) is 21.6. The molecule has 1 aliphatic heterocycles. The quantitative estimate of drug-likeness (QED) is 0.666. The number of amides is 1. The number of rotatable bonds is 6. The van der Waals surface area contributed by atoms with Crippen molar-refractivity contribution in [2.45, 2.75) is 19.1 Å². The first-order valence-corrected chi connectivity index (χ1v) is 10.8. The van der Waals surface area contributed by atoms with Crippen LogP contribution in [0.15, 0.2) is 84.9 Å². The van der Waals surface area contributed by atoms with Gasteiger partial charge in [-0.1, -0.05) is 72.8 Å². The molecular weight excluding hydrogens is 391 g/mol. The Labute approximate surface area is 182 Å². The lowest BCUT2D eigenvalue weighted by Crippen LogP contribution is -3.15. The molecule has 1 saturated heterocycles. The summed E-state index contributed by atoms with van der Waals surface area (Å²) < 4.78 is 19.5. The molecule has 0 saturated carbocycles. The maximum atomic E-state index is 13.9. The molecule has 1 aliphatic rings. The van der Waals surface area contributed by atoms with E-state index in [9.17, 15) is 9.18 Å². The zero-order valence-electron chi connectivity index (χ0n) is 17.7. The Morgan fingerprint density at radius 2 is 1.39 bits per heavy atom. The molecule has 31 heavy (non-hydrogen) atoms. The van der Waals surface area contributed by atoms with Gasteiger partial charge in [-0.15, -0.1) is 0 Å². The number of hydrogen-bond acceptors (Lipinski definition) is 2. The van der Waals surface area contributed by atoms with Gasteiger partial charge in [-0.05, 0) is 19.1 Å². The molecule has 1 fully saturated rings. The molecule has 1 heterocycles. The third-order valence-electron chi connectivity index (χ3n) is 5.88. The Morgan fingerprint density at radius 1 is 0.871 bits per heavy atom. The van der Waals surface area contributed by atoms with Crippen LogP contribution < -0.4 is 9.64 Å². The van der Waals surface area contributed by atoms with Gasteiger partial charge in [0, 0.05) is 11.1 Å². The van der Waals surface area contributed by atoms with Gasteiger partial charge in [0.15, 0.2) is 17.7 Å². The topological polar surface area (TPSA) is 34.0 Å². The highest BCUT2D eigenvalue weighted by Crippen LogP contribution is 2.20. The Hall–Kier alpha value is -3.18. The molecule has 4 rings (SSSR count). The summed E-state index contributed by atoms with van der Waals surface area (Å²) in [5.41, 5.74) is 2.56. The summed E-state index contributed by atoms with van der Waals surface area (Å²) in [6.07, 6.45) is -0.725. The van der Waals surface area contributed by atoms with E-state index < -0.39 is 11.9 Å². The van der Waals surface area contributed by atoms with Crippen molar-refractivity contribution in [3.05, 3.63) is 102 Å². The van der Waals surface area contributed by atoms with Gasteiger partial charge in [-0.3, -0.25) is 4.79 Å². The monoisotopic (exact) mass is 419 g/mol. The molecular formula is C26H28FN2O2+. The van der Waals surface area contributed by atoms with Gasteiger partial charge in [0.05, 0.1) is 26.2 Å². The molecule has 4 nitrogen and oxygen atoms in total. The van der Waals surface area contributed by atoms with E-state index >= 15 is 0 Å². The number of ether oxygens (including phenoxy) is 1.